The van der Waals surface area contributed by atoms with Gasteiger partial charge in [0.15, 0.2) is 0 Å². The molecule has 1 unspecified atom stereocenters. The van der Waals surface area contributed by atoms with Gasteiger partial charge in [-0.3, -0.25) is 0 Å². The van der Waals surface area contributed by atoms with Crippen LogP contribution in [0.3, 0.4) is 0 Å². The third-order valence-corrected chi connectivity index (χ3v) is 7.01. The van der Waals surface area contributed by atoms with Gasteiger partial charge < -0.3 is 5.32 Å². The van der Waals surface area contributed by atoms with Crippen LogP contribution in [0.25, 0.3) is 0 Å². The average Bonchev–Trinajstić information content (AvgIpc) is 2.46. The van der Waals surface area contributed by atoms with Gasteiger partial charge in [-0.1, -0.05) is 6.07 Å². The highest BCUT2D eigenvalue weighted by Crippen LogP contribution is 2.31. The van der Waals surface area contributed by atoms with E-state index in [2.05, 4.69) is 11.4 Å². The number of sulfonamides is 1. The highest BCUT2D eigenvalue weighted by atomic mass is 32.2. The van der Waals surface area contributed by atoms with Crippen LogP contribution in [0, 0.1) is 33.6 Å². The first-order chi connectivity index (χ1) is 10.3. The third kappa shape index (κ3) is 3.21. The molecule has 1 aromatic carbocycles. The van der Waals surface area contributed by atoms with Gasteiger partial charge in [-0.2, -0.15) is 4.31 Å². The third-order valence-electron chi connectivity index (χ3n) is 4.87. The van der Waals surface area contributed by atoms with Crippen LogP contribution in [-0.4, -0.2) is 39.4 Å². The Bertz CT molecular complexity index is 625. The molecule has 0 radical (unpaired) electrons. The summed E-state index contributed by atoms with van der Waals surface area (Å²) in [6.45, 7) is 9.94. The van der Waals surface area contributed by atoms with Crippen molar-refractivity contribution >= 4 is 10.0 Å². The Morgan fingerprint density at radius 2 is 1.77 bits per heavy atom. The molecule has 5 heteroatoms. The van der Waals surface area contributed by atoms with Gasteiger partial charge >= 0.3 is 0 Å². The van der Waals surface area contributed by atoms with Crippen LogP contribution in [0.4, 0.5) is 0 Å². The van der Waals surface area contributed by atoms with Crippen LogP contribution in [0.5, 0.6) is 0 Å². The molecule has 0 saturated carbocycles. The monoisotopic (exact) mass is 324 g/mol. The minimum atomic E-state index is -3.41. The maximum Gasteiger partial charge on any atom is 0.243 e. The predicted octanol–water partition coefficient (Wildman–Crippen LogP) is 2.54. The normalized spacial score (nSPS) is 20.3. The van der Waals surface area contributed by atoms with Crippen LogP contribution in [0.2, 0.25) is 0 Å². The minimum Gasteiger partial charge on any atom is -0.319 e. The fourth-order valence-corrected chi connectivity index (χ4v) is 5.53. The van der Waals surface area contributed by atoms with Crippen molar-refractivity contribution in [2.45, 2.75) is 45.4 Å². The molecule has 22 heavy (non-hydrogen) atoms. The molecule has 0 amide bonds. The quantitative estimate of drug-likeness (QED) is 0.926. The van der Waals surface area contributed by atoms with Gasteiger partial charge in [-0.15, -0.1) is 0 Å². The molecule has 1 N–H and O–H groups in total. The molecule has 1 atom stereocenters. The molecule has 0 spiro atoms. The number of benzene rings is 1. The number of nitrogens with one attached hydrogen (secondary N) is 1. The maximum atomic E-state index is 13.2. The van der Waals surface area contributed by atoms with E-state index in [0.29, 0.717) is 23.9 Å². The summed E-state index contributed by atoms with van der Waals surface area (Å²) in [6.07, 6.45) is 2.03. The van der Waals surface area contributed by atoms with E-state index in [0.717, 1.165) is 41.6 Å². The van der Waals surface area contributed by atoms with Gasteiger partial charge in [0.05, 0.1) is 4.90 Å². The summed E-state index contributed by atoms with van der Waals surface area (Å²) in [7, 11) is -1.49. The smallest absolute Gasteiger partial charge is 0.243 e. The number of hydrogen-bond acceptors (Lipinski definition) is 3. The molecular formula is C17H28N2O2S. The van der Waals surface area contributed by atoms with Crippen molar-refractivity contribution in [3.63, 3.8) is 0 Å². The first-order valence-corrected chi connectivity index (χ1v) is 9.45. The van der Waals surface area contributed by atoms with E-state index in [9.17, 15) is 8.42 Å². The van der Waals surface area contributed by atoms with Crippen molar-refractivity contribution in [3.8, 4) is 0 Å². The lowest BCUT2D eigenvalue weighted by molar-refractivity contribution is 0.263. The van der Waals surface area contributed by atoms with Crippen molar-refractivity contribution in [1.82, 2.24) is 9.62 Å². The van der Waals surface area contributed by atoms with Crippen molar-refractivity contribution in [1.29, 1.82) is 0 Å². The predicted molar refractivity (Wildman–Crippen MR) is 90.8 cm³/mol. The van der Waals surface area contributed by atoms with Crippen LogP contribution in [0.1, 0.15) is 35.1 Å². The lowest BCUT2D eigenvalue weighted by Gasteiger charge is -2.33. The average molecular weight is 324 g/mol. The molecule has 0 bridgehead atoms. The topological polar surface area (TPSA) is 49.4 Å². The van der Waals surface area contributed by atoms with Crippen LogP contribution < -0.4 is 5.32 Å². The Labute approximate surface area is 135 Å². The van der Waals surface area contributed by atoms with Crippen LogP contribution in [0.15, 0.2) is 11.0 Å². The largest absolute Gasteiger partial charge is 0.319 e. The second kappa shape index (κ2) is 6.69. The van der Waals surface area contributed by atoms with Crippen LogP contribution >= 0.6 is 0 Å². The first-order valence-electron chi connectivity index (χ1n) is 8.01. The summed E-state index contributed by atoms with van der Waals surface area (Å²) in [5, 5.41) is 3.17. The van der Waals surface area contributed by atoms with Gasteiger partial charge in [0.25, 0.3) is 0 Å². The molecule has 1 heterocycles. The maximum absolute atomic E-state index is 13.2. The molecule has 4 nitrogen and oxygen atoms in total. The van der Waals surface area contributed by atoms with Crippen LogP contribution in [-0.2, 0) is 10.0 Å². The second-order valence-corrected chi connectivity index (χ2v) is 8.39. The van der Waals surface area contributed by atoms with Gasteiger partial charge in [0, 0.05) is 13.1 Å². The zero-order valence-corrected chi connectivity index (χ0v) is 15.2. The summed E-state index contributed by atoms with van der Waals surface area (Å²) in [4.78, 5) is 0.523. The minimum absolute atomic E-state index is 0.403. The number of piperidine rings is 1. The van der Waals surface area contributed by atoms with Gasteiger partial charge in [0.1, 0.15) is 0 Å². The molecule has 1 aromatic rings. The molecule has 2 rings (SSSR count). The zero-order valence-electron chi connectivity index (χ0n) is 14.4. The molecule has 124 valence electrons. The van der Waals surface area contributed by atoms with Crippen molar-refractivity contribution in [2.75, 3.05) is 26.7 Å². The van der Waals surface area contributed by atoms with E-state index in [1.54, 1.807) is 4.31 Å². The molecule has 0 aliphatic carbocycles. The van der Waals surface area contributed by atoms with Gasteiger partial charge in [-0.05, 0) is 82.3 Å². The highest BCUT2D eigenvalue weighted by Gasteiger charge is 2.32. The number of rotatable bonds is 4. The van der Waals surface area contributed by atoms with E-state index in [1.165, 1.54) is 0 Å². The van der Waals surface area contributed by atoms with Crippen molar-refractivity contribution in [3.05, 3.63) is 28.3 Å². The molecule has 1 fully saturated rings. The molecular weight excluding hydrogens is 296 g/mol. The molecule has 1 aliphatic rings. The Kier molecular flexibility index (Phi) is 5.30. The summed E-state index contributed by atoms with van der Waals surface area (Å²) in [6, 6.07) is 2.07. The highest BCUT2D eigenvalue weighted by molar-refractivity contribution is 7.89. The summed E-state index contributed by atoms with van der Waals surface area (Å²) >= 11 is 0. The lowest BCUT2D eigenvalue weighted by Crippen LogP contribution is -2.42. The lowest BCUT2D eigenvalue weighted by atomic mass is 10.00. The van der Waals surface area contributed by atoms with Gasteiger partial charge in [-0.25, -0.2) is 8.42 Å². The fourth-order valence-electron chi connectivity index (χ4n) is 3.40. The Morgan fingerprint density at radius 3 is 2.32 bits per heavy atom. The zero-order chi connectivity index (χ0) is 16.5. The Balaban J connectivity index is 2.43. The number of aryl methyl sites for hydroxylation is 2. The Morgan fingerprint density at radius 1 is 1.18 bits per heavy atom. The second-order valence-electron chi connectivity index (χ2n) is 6.52. The molecule has 1 saturated heterocycles. The standard InChI is InChI=1S/C17H28N2O2S/c1-12-9-13(2)15(4)17(14(12)3)22(20,21)19-8-6-7-16(11-19)10-18-5/h9,16,18H,6-8,10-11H2,1-5H3. The van der Waals surface area contributed by atoms with E-state index >= 15 is 0 Å². The SMILES string of the molecule is CNCC1CCCN(S(=O)(=O)c2c(C)c(C)cc(C)c2C)C1. The number of hydrogen-bond donors (Lipinski definition) is 1. The summed E-state index contributed by atoms with van der Waals surface area (Å²) in [5.41, 5.74) is 3.87. The summed E-state index contributed by atoms with van der Waals surface area (Å²) < 4.78 is 28.1. The van der Waals surface area contributed by atoms with Crippen molar-refractivity contribution in [2.24, 2.45) is 5.92 Å². The van der Waals surface area contributed by atoms with E-state index in [4.69, 9.17) is 0 Å². The van der Waals surface area contributed by atoms with Crippen molar-refractivity contribution < 1.29 is 8.42 Å². The van der Waals surface area contributed by atoms with E-state index in [1.807, 2.05) is 34.7 Å². The Hall–Kier alpha value is -0.910. The molecule has 0 aromatic heterocycles. The number of nitrogens with zero attached hydrogens (tertiary/aromatic N) is 1. The van der Waals surface area contributed by atoms with Gasteiger partial charge in [0.2, 0.25) is 10.0 Å². The first kappa shape index (κ1) is 17.4. The summed E-state index contributed by atoms with van der Waals surface area (Å²) in [5.74, 6) is 0.403. The van der Waals surface area contributed by atoms with E-state index < -0.39 is 10.0 Å². The molecule has 1 aliphatic heterocycles. The fraction of sp³-hybridized carbons (Fsp3) is 0.647. The van der Waals surface area contributed by atoms with E-state index in [-0.39, 0.29) is 0 Å².